The van der Waals surface area contributed by atoms with Crippen molar-refractivity contribution in [1.82, 2.24) is 19.1 Å². The molecule has 4 rings (SSSR count). The van der Waals surface area contributed by atoms with Crippen LogP contribution in [0.4, 0.5) is 5.69 Å². The maximum Gasteiger partial charge on any atom is 0.110 e. The van der Waals surface area contributed by atoms with Gasteiger partial charge in [-0.1, -0.05) is 12.1 Å². The topological polar surface area (TPSA) is 48.0 Å². The molecule has 0 saturated carbocycles. The molecule has 0 amide bonds. The minimum atomic E-state index is 0.931. The Kier molecular flexibility index (Phi) is 4.19. The van der Waals surface area contributed by atoms with Crippen LogP contribution in [-0.2, 0) is 0 Å². The molecule has 2 aromatic heterocycles. The molecule has 0 atom stereocenters. The van der Waals surface area contributed by atoms with E-state index in [4.69, 9.17) is 0 Å². The number of hydrogen-bond acceptors (Lipinski definition) is 3. The molecule has 128 valence electrons. The van der Waals surface area contributed by atoms with Crippen LogP contribution in [0.2, 0.25) is 0 Å². The molecular formula is C21H19N5. The Morgan fingerprint density at radius 2 is 1.81 bits per heavy atom. The summed E-state index contributed by atoms with van der Waals surface area (Å²) in [6, 6.07) is 14.4. The normalized spacial score (nSPS) is 11.3. The summed E-state index contributed by atoms with van der Waals surface area (Å²) in [7, 11) is 0. The number of rotatable bonds is 4. The van der Waals surface area contributed by atoms with Gasteiger partial charge in [-0.15, -0.1) is 0 Å². The van der Waals surface area contributed by atoms with E-state index in [1.165, 1.54) is 0 Å². The quantitative estimate of drug-likeness (QED) is 0.516. The Labute approximate surface area is 152 Å². The summed E-state index contributed by atoms with van der Waals surface area (Å²) in [5.41, 5.74) is 5.35. The largest absolute Gasteiger partial charge is 0.306 e. The molecule has 0 fully saturated rings. The maximum atomic E-state index is 4.60. The summed E-state index contributed by atoms with van der Waals surface area (Å²) in [5, 5.41) is 0. The average Bonchev–Trinajstić information content (AvgIpc) is 3.32. The molecule has 2 heterocycles. The third-order valence-corrected chi connectivity index (χ3v) is 4.32. The zero-order valence-corrected chi connectivity index (χ0v) is 14.7. The van der Waals surface area contributed by atoms with Gasteiger partial charge in [0.15, 0.2) is 0 Å². The van der Waals surface area contributed by atoms with Gasteiger partial charge in [0.1, 0.15) is 5.82 Å². The molecule has 2 aromatic carbocycles. The number of aliphatic imine (C=N–C) groups is 1. The number of aryl methyl sites for hydroxylation is 2. The zero-order valence-electron chi connectivity index (χ0n) is 14.7. The Balaban J connectivity index is 1.53. The van der Waals surface area contributed by atoms with E-state index in [0.717, 1.165) is 34.0 Å². The number of hydrogen-bond donors (Lipinski definition) is 0. The molecule has 0 N–H and O–H groups in total. The van der Waals surface area contributed by atoms with E-state index in [1.54, 1.807) is 18.7 Å². The first-order valence-corrected chi connectivity index (χ1v) is 8.44. The lowest BCUT2D eigenvalue weighted by Crippen LogP contribution is -1.95. The first-order valence-electron chi connectivity index (χ1n) is 8.44. The van der Waals surface area contributed by atoms with E-state index >= 15 is 0 Å². The SMILES string of the molecule is Cc1cc(N=Cc2ccc(-n3ccnc3C)cc2)ccc1-n1ccnc1. The first kappa shape index (κ1) is 16.0. The second kappa shape index (κ2) is 6.80. The molecule has 0 aliphatic carbocycles. The highest BCUT2D eigenvalue weighted by Gasteiger charge is 2.02. The highest BCUT2D eigenvalue weighted by molar-refractivity contribution is 5.82. The van der Waals surface area contributed by atoms with Crippen molar-refractivity contribution in [2.24, 2.45) is 4.99 Å². The predicted molar refractivity (Wildman–Crippen MR) is 104 cm³/mol. The summed E-state index contributed by atoms with van der Waals surface area (Å²) in [4.78, 5) is 13.0. The van der Waals surface area contributed by atoms with E-state index in [9.17, 15) is 0 Å². The molecule has 0 radical (unpaired) electrons. The lowest BCUT2D eigenvalue weighted by atomic mass is 10.1. The highest BCUT2D eigenvalue weighted by Crippen LogP contribution is 2.21. The van der Waals surface area contributed by atoms with Gasteiger partial charge >= 0.3 is 0 Å². The Bertz CT molecular complexity index is 1040. The van der Waals surface area contributed by atoms with Gasteiger partial charge in [-0.2, -0.15) is 0 Å². The van der Waals surface area contributed by atoms with Crippen LogP contribution < -0.4 is 0 Å². The monoisotopic (exact) mass is 341 g/mol. The number of benzene rings is 2. The second-order valence-corrected chi connectivity index (χ2v) is 6.13. The van der Waals surface area contributed by atoms with Gasteiger partial charge in [-0.25, -0.2) is 9.97 Å². The van der Waals surface area contributed by atoms with Crippen molar-refractivity contribution >= 4 is 11.9 Å². The fourth-order valence-electron chi connectivity index (χ4n) is 2.93. The number of nitrogens with zero attached hydrogens (tertiary/aromatic N) is 5. The first-order chi connectivity index (χ1) is 12.7. The lowest BCUT2D eigenvalue weighted by molar-refractivity contribution is 0.975. The van der Waals surface area contributed by atoms with Gasteiger partial charge in [0.2, 0.25) is 0 Å². The molecule has 5 nitrogen and oxygen atoms in total. The minimum absolute atomic E-state index is 0.931. The third kappa shape index (κ3) is 3.19. The van der Waals surface area contributed by atoms with Crippen LogP contribution in [-0.4, -0.2) is 25.3 Å². The Morgan fingerprint density at radius 1 is 0.962 bits per heavy atom. The number of imidazole rings is 2. The van der Waals surface area contributed by atoms with Gasteiger partial charge in [0.05, 0.1) is 12.0 Å². The van der Waals surface area contributed by atoms with E-state index in [0.29, 0.717) is 0 Å². The number of aromatic nitrogens is 4. The van der Waals surface area contributed by atoms with Crippen molar-refractivity contribution in [3.05, 3.63) is 90.5 Å². The van der Waals surface area contributed by atoms with Crippen LogP contribution in [0.5, 0.6) is 0 Å². The maximum absolute atomic E-state index is 4.60. The summed E-state index contributed by atoms with van der Waals surface area (Å²) in [6.07, 6.45) is 11.2. The van der Waals surface area contributed by atoms with Crippen LogP contribution in [0.1, 0.15) is 17.0 Å². The van der Waals surface area contributed by atoms with Crippen molar-refractivity contribution in [3.63, 3.8) is 0 Å². The molecule has 5 heteroatoms. The molecular weight excluding hydrogens is 322 g/mol. The van der Waals surface area contributed by atoms with Crippen LogP contribution in [0.3, 0.4) is 0 Å². The predicted octanol–water partition coefficient (Wildman–Crippen LogP) is 4.43. The van der Waals surface area contributed by atoms with Crippen molar-refractivity contribution < 1.29 is 0 Å². The second-order valence-electron chi connectivity index (χ2n) is 6.13. The molecule has 0 bridgehead atoms. The fraction of sp³-hybridized carbons (Fsp3) is 0.0952. The molecule has 0 unspecified atom stereocenters. The zero-order chi connectivity index (χ0) is 17.9. The van der Waals surface area contributed by atoms with Crippen molar-refractivity contribution in [3.8, 4) is 11.4 Å². The smallest absolute Gasteiger partial charge is 0.110 e. The summed E-state index contributed by atoms with van der Waals surface area (Å²) in [6.45, 7) is 4.07. The van der Waals surface area contributed by atoms with Gasteiger partial charge in [-0.3, -0.25) is 4.99 Å². The van der Waals surface area contributed by atoms with Crippen molar-refractivity contribution in [2.75, 3.05) is 0 Å². The molecule has 0 aliphatic heterocycles. The van der Waals surface area contributed by atoms with Crippen molar-refractivity contribution in [1.29, 1.82) is 0 Å². The van der Waals surface area contributed by atoms with Crippen LogP contribution in [0, 0.1) is 13.8 Å². The average molecular weight is 341 g/mol. The Hall–Kier alpha value is -3.47. The molecule has 0 aliphatic rings. The van der Waals surface area contributed by atoms with E-state index in [-0.39, 0.29) is 0 Å². The van der Waals surface area contributed by atoms with Crippen LogP contribution in [0.25, 0.3) is 11.4 Å². The van der Waals surface area contributed by atoms with Gasteiger partial charge in [0.25, 0.3) is 0 Å². The van der Waals surface area contributed by atoms with E-state index in [2.05, 4.69) is 62.8 Å². The van der Waals surface area contributed by atoms with E-state index < -0.39 is 0 Å². The van der Waals surface area contributed by atoms with Crippen molar-refractivity contribution in [2.45, 2.75) is 13.8 Å². The van der Waals surface area contributed by atoms with E-state index in [1.807, 2.05) is 36.2 Å². The summed E-state index contributed by atoms with van der Waals surface area (Å²) < 4.78 is 4.05. The summed E-state index contributed by atoms with van der Waals surface area (Å²) in [5.74, 6) is 0.972. The van der Waals surface area contributed by atoms with Crippen LogP contribution >= 0.6 is 0 Å². The van der Waals surface area contributed by atoms with Gasteiger partial charge in [-0.05, 0) is 55.3 Å². The molecule has 0 spiro atoms. The molecule has 0 saturated heterocycles. The minimum Gasteiger partial charge on any atom is -0.306 e. The highest BCUT2D eigenvalue weighted by atomic mass is 15.1. The van der Waals surface area contributed by atoms with Crippen LogP contribution in [0.15, 0.2) is 78.6 Å². The molecule has 4 aromatic rings. The summed E-state index contributed by atoms with van der Waals surface area (Å²) >= 11 is 0. The lowest BCUT2D eigenvalue weighted by Gasteiger charge is -2.07. The Morgan fingerprint density at radius 3 is 2.46 bits per heavy atom. The standard InChI is InChI=1S/C21H19N5/c1-16-13-19(5-8-21(16)25-11-9-22-15-25)24-14-18-3-6-20(7-4-18)26-12-10-23-17(26)2/h3-15H,1-2H3. The molecule has 26 heavy (non-hydrogen) atoms. The fourth-order valence-corrected chi connectivity index (χ4v) is 2.93. The third-order valence-electron chi connectivity index (χ3n) is 4.32. The van der Waals surface area contributed by atoms with Gasteiger partial charge < -0.3 is 9.13 Å². The van der Waals surface area contributed by atoms with Gasteiger partial charge in [0, 0.05) is 42.4 Å².